The van der Waals surface area contributed by atoms with E-state index in [-0.39, 0.29) is 36.6 Å². The standard InChI is InChI=1S/C20H21F3N2O4/c1-10-16-13(18(27)14(19(28)29)8-25(16)12-2-3-12)6-15(21)17(10)24-5-4-11(7-24)20(22,23)9-26/h6,8,11-12,26H,2-5,7,9H2,1H3,(H,28,29). The Kier molecular flexibility index (Phi) is 4.60. The summed E-state index contributed by atoms with van der Waals surface area (Å²) in [6.07, 6.45) is 3.04. The van der Waals surface area contributed by atoms with Crippen molar-refractivity contribution in [2.45, 2.75) is 38.2 Å². The number of alkyl halides is 2. The zero-order valence-electron chi connectivity index (χ0n) is 15.8. The van der Waals surface area contributed by atoms with Crippen LogP contribution < -0.4 is 10.3 Å². The van der Waals surface area contributed by atoms with E-state index in [1.165, 1.54) is 11.1 Å². The molecule has 1 saturated carbocycles. The molecule has 0 spiro atoms. The van der Waals surface area contributed by atoms with E-state index < -0.39 is 41.2 Å². The Morgan fingerprint density at radius 2 is 2.00 bits per heavy atom. The topological polar surface area (TPSA) is 82.8 Å². The number of carbonyl (C=O) groups is 1. The van der Waals surface area contributed by atoms with Gasteiger partial charge in [-0.25, -0.2) is 18.0 Å². The van der Waals surface area contributed by atoms with E-state index in [0.29, 0.717) is 11.1 Å². The average Bonchev–Trinajstić information content (AvgIpc) is 3.39. The van der Waals surface area contributed by atoms with Gasteiger partial charge in [-0.05, 0) is 37.8 Å². The van der Waals surface area contributed by atoms with Crippen LogP contribution in [-0.4, -0.2) is 46.4 Å². The molecule has 0 bridgehead atoms. The Morgan fingerprint density at radius 1 is 1.31 bits per heavy atom. The third-order valence-electron chi connectivity index (χ3n) is 5.96. The molecule has 29 heavy (non-hydrogen) atoms. The third-order valence-corrected chi connectivity index (χ3v) is 5.96. The number of aryl methyl sites for hydroxylation is 1. The lowest BCUT2D eigenvalue weighted by atomic mass is 10.0. The SMILES string of the molecule is Cc1c(N2CCC(C(F)(F)CO)C2)c(F)cc2c(=O)c(C(=O)O)cn(C3CC3)c12. The highest BCUT2D eigenvalue weighted by Gasteiger charge is 2.43. The molecular weight excluding hydrogens is 389 g/mol. The van der Waals surface area contributed by atoms with Gasteiger partial charge in [-0.2, -0.15) is 0 Å². The van der Waals surface area contributed by atoms with Crippen molar-refractivity contribution in [3.05, 3.63) is 39.4 Å². The van der Waals surface area contributed by atoms with Crippen molar-refractivity contribution < 1.29 is 28.2 Å². The molecule has 0 amide bonds. The zero-order chi connectivity index (χ0) is 21.1. The number of fused-ring (bicyclic) bond motifs is 1. The number of hydrogen-bond donors (Lipinski definition) is 2. The van der Waals surface area contributed by atoms with E-state index in [4.69, 9.17) is 5.11 Å². The van der Waals surface area contributed by atoms with Gasteiger partial charge < -0.3 is 19.7 Å². The molecule has 9 heteroatoms. The highest BCUT2D eigenvalue weighted by Crippen LogP contribution is 2.41. The van der Waals surface area contributed by atoms with Gasteiger partial charge in [0.2, 0.25) is 5.43 Å². The highest BCUT2D eigenvalue weighted by molar-refractivity contribution is 5.95. The normalized spacial score (nSPS) is 19.9. The lowest BCUT2D eigenvalue weighted by Gasteiger charge is -2.26. The van der Waals surface area contributed by atoms with Crippen LogP contribution in [0.15, 0.2) is 17.1 Å². The Bertz CT molecular complexity index is 1060. The number of hydrogen-bond acceptors (Lipinski definition) is 4. The molecule has 0 radical (unpaired) electrons. The van der Waals surface area contributed by atoms with E-state index in [9.17, 15) is 23.5 Å². The number of benzene rings is 1. The van der Waals surface area contributed by atoms with Crippen molar-refractivity contribution in [3.63, 3.8) is 0 Å². The second-order valence-corrected chi connectivity index (χ2v) is 7.89. The van der Waals surface area contributed by atoms with Gasteiger partial charge in [0.25, 0.3) is 5.92 Å². The maximum atomic E-state index is 15.0. The average molecular weight is 410 g/mol. The fraction of sp³-hybridized carbons (Fsp3) is 0.500. The molecule has 1 aromatic carbocycles. The molecule has 1 unspecified atom stereocenters. The summed E-state index contributed by atoms with van der Waals surface area (Å²) in [7, 11) is 0. The van der Waals surface area contributed by atoms with E-state index >= 15 is 4.39 Å². The van der Waals surface area contributed by atoms with Gasteiger partial charge in [0.15, 0.2) is 0 Å². The van der Waals surface area contributed by atoms with E-state index in [1.807, 2.05) is 0 Å². The van der Waals surface area contributed by atoms with Gasteiger partial charge in [-0.1, -0.05) is 0 Å². The monoisotopic (exact) mass is 410 g/mol. The van der Waals surface area contributed by atoms with Crippen molar-refractivity contribution in [3.8, 4) is 0 Å². The molecule has 1 saturated heterocycles. The van der Waals surface area contributed by atoms with Gasteiger partial charge >= 0.3 is 5.97 Å². The summed E-state index contributed by atoms with van der Waals surface area (Å²) in [5.74, 6) is -6.46. The molecule has 1 aliphatic heterocycles. The van der Waals surface area contributed by atoms with E-state index in [1.54, 1.807) is 11.5 Å². The largest absolute Gasteiger partial charge is 0.477 e. The van der Waals surface area contributed by atoms with Crippen LogP contribution in [0, 0.1) is 18.7 Å². The molecule has 2 fully saturated rings. The van der Waals surface area contributed by atoms with Crippen LogP contribution in [0.2, 0.25) is 0 Å². The second-order valence-electron chi connectivity index (χ2n) is 7.89. The molecule has 2 heterocycles. The highest BCUT2D eigenvalue weighted by atomic mass is 19.3. The number of carboxylic acid groups (broad SMARTS) is 1. The van der Waals surface area contributed by atoms with E-state index in [2.05, 4.69) is 0 Å². The number of aliphatic hydroxyl groups is 1. The van der Waals surface area contributed by atoms with Gasteiger partial charge in [0.05, 0.1) is 11.2 Å². The Labute approximate surface area is 164 Å². The van der Waals surface area contributed by atoms with Gasteiger partial charge in [-0.3, -0.25) is 4.79 Å². The molecule has 1 aromatic heterocycles. The first-order chi connectivity index (χ1) is 13.7. The number of aromatic nitrogens is 1. The minimum absolute atomic E-state index is 0.0213. The molecule has 6 nitrogen and oxygen atoms in total. The molecule has 1 aliphatic carbocycles. The quantitative estimate of drug-likeness (QED) is 0.792. The molecule has 2 aliphatic rings. The number of nitrogens with zero attached hydrogens (tertiary/aromatic N) is 2. The lowest BCUT2D eigenvalue weighted by molar-refractivity contribution is -0.0908. The van der Waals surface area contributed by atoms with Crippen LogP contribution in [0.25, 0.3) is 10.9 Å². The number of halogens is 3. The van der Waals surface area contributed by atoms with E-state index in [0.717, 1.165) is 18.9 Å². The van der Waals surface area contributed by atoms with Crippen molar-refractivity contribution in [2.24, 2.45) is 5.92 Å². The predicted molar refractivity (Wildman–Crippen MR) is 100 cm³/mol. The van der Waals surface area contributed by atoms with Crippen LogP contribution in [0.4, 0.5) is 18.9 Å². The molecule has 156 valence electrons. The first-order valence-corrected chi connectivity index (χ1v) is 9.50. The van der Waals surface area contributed by atoms with Gasteiger partial charge in [-0.15, -0.1) is 0 Å². The van der Waals surface area contributed by atoms with Crippen LogP contribution in [0.1, 0.15) is 41.2 Å². The summed E-state index contributed by atoms with van der Waals surface area (Å²) in [6, 6.07) is 1.04. The van der Waals surface area contributed by atoms with Crippen LogP contribution in [0.5, 0.6) is 0 Å². The number of pyridine rings is 1. The lowest BCUT2D eigenvalue weighted by Crippen LogP contribution is -2.35. The summed E-state index contributed by atoms with van der Waals surface area (Å²) < 4.78 is 44.5. The molecule has 4 rings (SSSR count). The maximum Gasteiger partial charge on any atom is 0.341 e. The molecule has 2 N–H and O–H groups in total. The Hall–Kier alpha value is -2.55. The van der Waals surface area contributed by atoms with Crippen molar-refractivity contribution in [1.82, 2.24) is 4.57 Å². The zero-order valence-corrected chi connectivity index (χ0v) is 15.8. The summed E-state index contributed by atoms with van der Waals surface area (Å²) in [5.41, 5.74) is -0.167. The number of anilines is 1. The summed E-state index contributed by atoms with van der Waals surface area (Å²) >= 11 is 0. The third kappa shape index (κ3) is 3.17. The number of aromatic carboxylic acids is 1. The maximum absolute atomic E-state index is 15.0. The van der Waals surface area contributed by atoms with Crippen LogP contribution >= 0.6 is 0 Å². The molecular formula is C20H21F3N2O4. The Morgan fingerprint density at radius 3 is 2.59 bits per heavy atom. The smallest absolute Gasteiger partial charge is 0.341 e. The number of rotatable bonds is 5. The molecule has 1 atom stereocenters. The first-order valence-electron chi connectivity index (χ1n) is 9.50. The van der Waals surface area contributed by atoms with Gasteiger partial charge in [0, 0.05) is 36.6 Å². The first kappa shape index (κ1) is 19.8. The fourth-order valence-electron chi connectivity index (χ4n) is 4.29. The van der Waals surface area contributed by atoms with Crippen LogP contribution in [-0.2, 0) is 0 Å². The predicted octanol–water partition coefficient (Wildman–Crippen LogP) is 2.94. The van der Waals surface area contributed by atoms with Crippen LogP contribution in [0.3, 0.4) is 0 Å². The van der Waals surface area contributed by atoms with Crippen molar-refractivity contribution in [2.75, 3.05) is 24.6 Å². The second kappa shape index (κ2) is 6.76. The minimum atomic E-state index is -3.25. The summed E-state index contributed by atoms with van der Waals surface area (Å²) in [6.45, 7) is 0.447. The number of aliphatic hydroxyl groups excluding tert-OH is 1. The van der Waals surface area contributed by atoms with Gasteiger partial charge in [0.1, 0.15) is 18.0 Å². The number of carboxylic acids is 1. The Balaban J connectivity index is 1.88. The minimum Gasteiger partial charge on any atom is -0.477 e. The summed E-state index contributed by atoms with van der Waals surface area (Å²) in [4.78, 5) is 25.6. The summed E-state index contributed by atoms with van der Waals surface area (Å²) in [5, 5.41) is 18.3. The fourth-order valence-corrected chi connectivity index (χ4v) is 4.29. The van der Waals surface area contributed by atoms with Crippen molar-refractivity contribution >= 4 is 22.6 Å². The molecule has 2 aromatic rings. The van der Waals surface area contributed by atoms with Crippen molar-refractivity contribution in [1.29, 1.82) is 0 Å².